The van der Waals surface area contributed by atoms with Crippen LogP contribution in [0.3, 0.4) is 0 Å². The predicted molar refractivity (Wildman–Crippen MR) is 85.5 cm³/mol. The zero-order valence-corrected chi connectivity index (χ0v) is 13.7. The molecule has 1 aliphatic rings. The predicted octanol–water partition coefficient (Wildman–Crippen LogP) is 2.56. The van der Waals surface area contributed by atoms with E-state index in [1.54, 1.807) is 12.1 Å². The smallest absolute Gasteiger partial charge is 0.240 e. The highest BCUT2D eigenvalue weighted by Crippen LogP contribution is 2.25. The van der Waals surface area contributed by atoms with Crippen LogP contribution in [0.15, 0.2) is 23.1 Å². The molecule has 118 valence electrons. The van der Waals surface area contributed by atoms with Crippen molar-refractivity contribution in [3.8, 4) is 0 Å². The standard InChI is InChI=1S/C16H26N2O2S/c1-3-13-6-9-16(10-14(13)11-17)21(19,20)18-15-7-4-12(2)5-8-15/h6,9-10,12,15,18H,3-5,7-8,11,17H2,1-2H3. The Morgan fingerprint density at radius 2 is 1.86 bits per heavy atom. The van der Waals surface area contributed by atoms with E-state index in [0.717, 1.165) is 43.2 Å². The Balaban J connectivity index is 2.15. The maximum Gasteiger partial charge on any atom is 0.240 e. The van der Waals surface area contributed by atoms with Gasteiger partial charge >= 0.3 is 0 Å². The van der Waals surface area contributed by atoms with Crippen molar-refractivity contribution < 1.29 is 8.42 Å². The number of rotatable bonds is 5. The van der Waals surface area contributed by atoms with Crippen LogP contribution in [-0.4, -0.2) is 14.5 Å². The number of aryl methyl sites for hydroxylation is 1. The van der Waals surface area contributed by atoms with Crippen molar-refractivity contribution in [3.63, 3.8) is 0 Å². The van der Waals surface area contributed by atoms with Gasteiger partial charge in [-0.25, -0.2) is 13.1 Å². The van der Waals surface area contributed by atoms with E-state index in [2.05, 4.69) is 11.6 Å². The van der Waals surface area contributed by atoms with Crippen molar-refractivity contribution in [2.75, 3.05) is 0 Å². The molecule has 1 aliphatic carbocycles. The van der Waals surface area contributed by atoms with Gasteiger partial charge < -0.3 is 5.73 Å². The van der Waals surface area contributed by atoms with Crippen molar-refractivity contribution in [3.05, 3.63) is 29.3 Å². The number of nitrogens with two attached hydrogens (primary N) is 1. The molecule has 1 fully saturated rings. The molecule has 1 aromatic carbocycles. The lowest BCUT2D eigenvalue weighted by Crippen LogP contribution is -2.37. The zero-order chi connectivity index (χ0) is 15.5. The highest BCUT2D eigenvalue weighted by Gasteiger charge is 2.24. The molecule has 2 rings (SSSR count). The Kier molecular flexibility index (Phi) is 5.41. The van der Waals surface area contributed by atoms with Gasteiger partial charge in [0.2, 0.25) is 10.0 Å². The molecule has 21 heavy (non-hydrogen) atoms. The molecule has 1 aromatic rings. The molecule has 4 nitrogen and oxygen atoms in total. The van der Waals surface area contributed by atoms with Crippen LogP contribution >= 0.6 is 0 Å². The number of hydrogen-bond donors (Lipinski definition) is 2. The molecule has 0 heterocycles. The molecule has 0 amide bonds. The summed E-state index contributed by atoms with van der Waals surface area (Å²) in [7, 11) is -3.44. The van der Waals surface area contributed by atoms with Crippen molar-refractivity contribution in [2.24, 2.45) is 11.7 Å². The second-order valence-corrected chi connectivity index (χ2v) is 7.78. The lowest BCUT2D eigenvalue weighted by molar-refractivity contribution is 0.332. The van der Waals surface area contributed by atoms with Gasteiger partial charge in [-0.15, -0.1) is 0 Å². The van der Waals surface area contributed by atoms with E-state index in [9.17, 15) is 8.42 Å². The van der Waals surface area contributed by atoms with E-state index >= 15 is 0 Å². The van der Waals surface area contributed by atoms with Crippen molar-refractivity contribution in [1.82, 2.24) is 4.72 Å². The maximum atomic E-state index is 12.5. The molecule has 0 bridgehead atoms. The second kappa shape index (κ2) is 6.90. The van der Waals surface area contributed by atoms with Crippen LogP contribution in [0.5, 0.6) is 0 Å². The quantitative estimate of drug-likeness (QED) is 0.878. The molecular formula is C16H26N2O2S. The first-order chi connectivity index (χ1) is 9.96. The van der Waals surface area contributed by atoms with Gasteiger partial charge in [-0.05, 0) is 61.3 Å². The van der Waals surface area contributed by atoms with Crippen molar-refractivity contribution >= 4 is 10.0 Å². The fraction of sp³-hybridized carbons (Fsp3) is 0.625. The van der Waals surface area contributed by atoms with Crippen molar-refractivity contribution in [2.45, 2.75) is 63.4 Å². The van der Waals surface area contributed by atoms with Crippen molar-refractivity contribution in [1.29, 1.82) is 0 Å². The van der Waals surface area contributed by atoms with E-state index < -0.39 is 10.0 Å². The third-order valence-electron chi connectivity index (χ3n) is 4.43. The molecule has 5 heteroatoms. The minimum atomic E-state index is -3.44. The van der Waals surface area contributed by atoms with Gasteiger partial charge in [-0.1, -0.05) is 19.9 Å². The van der Waals surface area contributed by atoms with E-state index in [-0.39, 0.29) is 6.04 Å². The molecule has 0 radical (unpaired) electrons. The largest absolute Gasteiger partial charge is 0.326 e. The van der Waals surface area contributed by atoms with Crippen LogP contribution in [0.25, 0.3) is 0 Å². The van der Waals surface area contributed by atoms with Gasteiger partial charge in [0.25, 0.3) is 0 Å². The number of benzene rings is 1. The SMILES string of the molecule is CCc1ccc(S(=O)(=O)NC2CCC(C)CC2)cc1CN. The summed E-state index contributed by atoms with van der Waals surface area (Å²) >= 11 is 0. The molecule has 0 aromatic heterocycles. The van der Waals surface area contributed by atoms with Gasteiger partial charge in [-0.3, -0.25) is 0 Å². The van der Waals surface area contributed by atoms with Crippen LogP contribution in [0.4, 0.5) is 0 Å². The molecule has 0 spiro atoms. The normalized spacial score (nSPS) is 23.2. The summed E-state index contributed by atoms with van der Waals surface area (Å²) < 4.78 is 27.8. The minimum Gasteiger partial charge on any atom is -0.326 e. The summed E-state index contributed by atoms with van der Waals surface area (Å²) in [5.74, 6) is 0.707. The Morgan fingerprint density at radius 1 is 1.19 bits per heavy atom. The molecule has 0 unspecified atom stereocenters. The van der Waals surface area contributed by atoms with Crippen LogP contribution in [-0.2, 0) is 23.0 Å². The average Bonchev–Trinajstić information content (AvgIpc) is 2.48. The van der Waals surface area contributed by atoms with Crippen LogP contribution in [0, 0.1) is 5.92 Å². The fourth-order valence-electron chi connectivity index (χ4n) is 2.97. The lowest BCUT2D eigenvalue weighted by Gasteiger charge is -2.26. The summed E-state index contributed by atoms with van der Waals surface area (Å²) in [5.41, 5.74) is 7.75. The van der Waals surface area contributed by atoms with E-state index in [4.69, 9.17) is 5.73 Å². The Hall–Kier alpha value is -0.910. The first-order valence-corrected chi connectivity index (χ1v) is 9.28. The maximum absolute atomic E-state index is 12.5. The monoisotopic (exact) mass is 310 g/mol. The third-order valence-corrected chi connectivity index (χ3v) is 5.94. The summed E-state index contributed by atoms with van der Waals surface area (Å²) in [5, 5.41) is 0. The van der Waals surface area contributed by atoms with Gasteiger partial charge in [0, 0.05) is 12.6 Å². The number of hydrogen-bond acceptors (Lipinski definition) is 3. The molecule has 0 atom stereocenters. The van der Waals surface area contributed by atoms with Gasteiger partial charge in [0.1, 0.15) is 0 Å². The lowest BCUT2D eigenvalue weighted by atomic mass is 9.88. The van der Waals surface area contributed by atoms with Crippen LogP contribution in [0.2, 0.25) is 0 Å². The first-order valence-electron chi connectivity index (χ1n) is 7.80. The third kappa shape index (κ3) is 4.05. The highest BCUT2D eigenvalue weighted by molar-refractivity contribution is 7.89. The summed E-state index contributed by atoms with van der Waals surface area (Å²) in [4.78, 5) is 0.332. The summed E-state index contributed by atoms with van der Waals surface area (Å²) in [6, 6.07) is 5.34. The molecule has 0 saturated heterocycles. The fourth-order valence-corrected chi connectivity index (χ4v) is 4.32. The van der Waals surface area contributed by atoms with Gasteiger partial charge in [0.15, 0.2) is 0 Å². The van der Waals surface area contributed by atoms with E-state index in [1.165, 1.54) is 0 Å². The first kappa shape index (κ1) is 16.5. The molecular weight excluding hydrogens is 284 g/mol. The summed E-state index contributed by atoms with van der Waals surface area (Å²) in [6.07, 6.45) is 4.90. The number of nitrogens with one attached hydrogen (secondary N) is 1. The minimum absolute atomic E-state index is 0.0679. The van der Waals surface area contributed by atoms with Crippen LogP contribution < -0.4 is 10.5 Å². The second-order valence-electron chi connectivity index (χ2n) is 6.07. The van der Waals surface area contributed by atoms with Crippen LogP contribution in [0.1, 0.15) is 50.7 Å². The Labute approximate surface area is 128 Å². The van der Waals surface area contributed by atoms with Gasteiger partial charge in [-0.2, -0.15) is 0 Å². The summed E-state index contributed by atoms with van der Waals surface area (Å²) in [6.45, 7) is 4.64. The molecule has 1 saturated carbocycles. The van der Waals surface area contributed by atoms with E-state index in [0.29, 0.717) is 17.4 Å². The Morgan fingerprint density at radius 3 is 2.43 bits per heavy atom. The van der Waals surface area contributed by atoms with E-state index in [1.807, 2.05) is 13.0 Å². The molecule has 0 aliphatic heterocycles. The zero-order valence-electron chi connectivity index (χ0n) is 12.9. The highest BCUT2D eigenvalue weighted by atomic mass is 32.2. The topological polar surface area (TPSA) is 72.2 Å². The molecule has 3 N–H and O–H groups in total. The Bertz CT molecular complexity index is 576. The van der Waals surface area contributed by atoms with Gasteiger partial charge in [0.05, 0.1) is 4.90 Å². The average molecular weight is 310 g/mol. The number of sulfonamides is 1.